The van der Waals surface area contributed by atoms with E-state index >= 15 is 0 Å². The largest absolute Gasteiger partial charge is 0.305 e. The normalized spacial score (nSPS) is 12.4. The van der Waals surface area contributed by atoms with Gasteiger partial charge in [0.25, 0.3) is 0 Å². The van der Waals surface area contributed by atoms with E-state index in [2.05, 4.69) is 23.3 Å². The van der Waals surface area contributed by atoms with Gasteiger partial charge in [-0.25, -0.2) is 0 Å². The monoisotopic (exact) mass is 260 g/mol. The lowest BCUT2D eigenvalue weighted by Gasteiger charge is -2.13. The SMILES string of the molecule is Cc1ccc(CN[C@H](C)c2ccccn2)cc1Cl. The van der Waals surface area contributed by atoms with Crippen LogP contribution in [0.5, 0.6) is 0 Å². The maximum absolute atomic E-state index is 6.11. The Morgan fingerprint density at radius 2 is 2.11 bits per heavy atom. The van der Waals surface area contributed by atoms with E-state index < -0.39 is 0 Å². The zero-order valence-corrected chi connectivity index (χ0v) is 11.4. The van der Waals surface area contributed by atoms with E-state index in [1.54, 1.807) is 0 Å². The van der Waals surface area contributed by atoms with Crippen molar-refractivity contribution in [3.8, 4) is 0 Å². The van der Waals surface area contributed by atoms with Crippen LogP contribution in [-0.2, 0) is 6.54 Å². The Kier molecular flexibility index (Phi) is 4.34. The third kappa shape index (κ3) is 3.31. The van der Waals surface area contributed by atoms with Crippen LogP contribution < -0.4 is 5.32 Å². The first-order valence-corrected chi connectivity index (χ1v) is 6.44. The van der Waals surface area contributed by atoms with E-state index in [1.807, 2.05) is 43.5 Å². The molecule has 0 saturated carbocycles. The summed E-state index contributed by atoms with van der Waals surface area (Å²) in [6, 6.07) is 12.3. The Morgan fingerprint density at radius 3 is 2.78 bits per heavy atom. The lowest BCUT2D eigenvalue weighted by Crippen LogP contribution is -2.18. The Bertz CT molecular complexity index is 511. The second-order valence-electron chi connectivity index (χ2n) is 4.44. The Balaban J connectivity index is 1.97. The summed E-state index contributed by atoms with van der Waals surface area (Å²) in [5, 5.41) is 4.26. The van der Waals surface area contributed by atoms with E-state index in [-0.39, 0.29) is 6.04 Å². The molecule has 0 fully saturated rings. The molecule has 1 heterocycles. The van der Waals surface area contributed by atoms with E-state index in [4.69, 9.17) is 11.6 Å². The number of halogens is 1. The molecular formula is C15H17ClN2. The molecule has 0 aliphatic rings. The number of rotatable bonds is 4. The summed E-state index contributed by atoms with van der Waals surface area (Å²) in [5.41, 5.74) is 3.35. The van der Waals surface area contributed by atoms with Crippen molar-refractivity contribution in [2.45, 2.75) is 26.4 Å². The molecule has 94 valence electrons. The van der Waals surface area contributed by atoms with Crippen molar-refractivity contribution in [3.63, 3.8) is 0 Å². The average Bonchev–Trinajstić information content (AvgIpc) is 2.41. The number of aryl methyl sites for hydroxylation is 1. The van der Waals surface area contributed by atoms with Gasteiger partial charge in [-0.3, -0.25) is 4.98 Å². The maximum Gasteiger partial charge on any atom is 0.0570 e. The summed E-state index contributed by atoms with van der Waals surface area (Å²) in [7, 11) is 0. The number of benzene rings is 1. The Morgan fingerprint density at radius 1 is 1.28 bits per heavy atom. The first-order valence-electron chi connectivity index (χ1n) is 6.06. The fraction of sp³-hybridized carbons (Fsp3) is 0.267. The third-order valence-electron chi connectivity index (χ3n) is 2.98. The molecule has 1 aromatic carbocycles. The summed E-state index contributed by atoms with van der Waals surface area (Å²) in [5.74, 6) is 0. The number of aromatic nitrogens is 1. The van der Waals surface area contributed by atoms with Crippen LogP contribution in [0.15, 0.2) is 42.6 Å². The van der Waals surface area contributed by atoms with E-state index in [0.29, 0.717) is 0 Å². The molecule has 0 aliphatic heterocycles. The summed E-state index contributed by atoms with van der Waals surface area (Å²) in [6.45, 7) is 4.91. The molecule has 1 atom stereocenters. The van der Waals surface area contributed by atoms with Crippen LogP contribution in [0.1, 0.15) is 29.8 Å². The highest BCUT2D eigenvalue weighted by atomic mass is 35.5. The van der Waals surface area contributed by atoms with Crippen LogP contribution in [0.2, 0.25) is 5.02 Å². The van der Waals surface area contributed by atoms with E-state index in [0.717, 1.165) is 22.8 Å². The number of hydrogen-bond donors (Lipinski definition) is 1. The van der Waals surface area contributed by atoms with Crippen LogP contribution in [-0.4, -0.2) is 4.98 Å². The minimum atomic E-state index is 0.228. The summed E-state index contributed by atoms with van der Waals surface area (Å²) in [4.78, 5) is 4.33. The molecule has 0 bridgehead atoms. The zero-order chi connectivity index (χ0) is 13.0. The molecule has 0 amide bonds. The molecule has 2 nitrogen and oxygen atoms in total. The number of nitrogens with one attached hydrogen (secondary N) is 1. The van der Waals surface area contributed by atoms with Gasteiger partial charge in [0.1, 0.15) is 0 Å². The highest BCUT2D eigenvalue weighted by Crippen LogP contribution is 2.17. The van der Waals surface area contributed by atoms with E-state index in [1.165, 1.54) is 5.56 Å². The molecule has 18 heavy (non-hydrogen) atoms. The predicted octanol–water partition coefficient (Wildman–Crippen LogP) is 3.89. The van der Waals surface area contributed by atoms with Crippen LogP contribution in [0, 0.1) is 6.92 Å². The number of nitrogens with zero attached hydrogens (tertiary/aromatic N) is 1. The van der Waals surface area contributed by atoms with Crippen molar-refractivity contribution < 1.29 is 0 Å². The maximum atomic E-state index is 6.11. The van der Waals surface area contributed by atoms with Crippen molar-refractivity contribution >= 4 is 11.6 Å². The minimum Gasteiger partial charge on any atom is -0.305 e. The van der Waals surface area contributed by atoms with Crippen molar-refractivity contribution in [2.75, 3.05) is 0 Å². The van der Waals surface area contributed by atoms with Crippen LogP contribution in [0.25, 0.3) is 0 Å². The van der Waals surface area contributed by atoms with Crippen LogP contribution >= 0.6 is 11.6 Å². The molecular weight excluding hydrogens is 244 g/mol. The topological polar surface area (TPSA) is 24.9 Å². The van der Waals surface area contributed by atoms with E-state index in [9.17, 15) is 0 Å². The van der Waals surface area contributed by atoms with Crippen molar-refractivity contribution in [3.05, 3.63) is 64.4 Å². The van der Waals surface area contributed by atoms with Gasteiger partial charge in [0, 0.05) is 23.8 Å². The van der Waals surface area contributed by atoms with Crippen molar-refractivity contribution in [2.24, 2.45) is 0 Å². The summed E-state index contributed by atoms with van der Waals surface area (Å²) < 4.78 is 0. The zero-order valence-electron chi connectivity index (χ0n) is 10.7. The molecule has 0 aliphatic carbocycles. The lowest BCUT2D eigenvalue weighted by atomic mass is 10.1. The number of pyridine rings is 1. The fourth-order valence-corrected chi connectivity index (χ4v) is 1.96. The molecule has 2 rings (SSSR count). The van der Waals surface area contributed by atoms with Crippen molar-refractivity contribution in [1.29, 1.82) is 0 Å². The average molecular weight is 261 g/mol. The molecule has 0 radical (unpaired) electrons. The van der Waals surface area contributed by atoms with Gasteiger partial charge < -0.3 is 5.32 Å². The second kappa shape index (κ2) is 5.98. The predicted molar refractivity (Wildman–Crippen MR) is 75.7 cm³/mol. The summed E-state index contributed by atoms with van der Waals surface area (Å²) >= 11 is 6.11. The van der Waals surface area contributed by atoms with Gasteiger partial charge >= 0.3 is 0 Å². The van der Waals surface area contributed by atoms with Gasteiger partial charge in [-0.05, 0) is 43.2 Å². The van der Waals surface area contributed by atoms with Gasteiger partial charge in [0.05, 0.1) is 5.69 Å². The Labute approximate surface area is 113 Å². The van der Waals surface area contributed by atoms with Gasteiger partial charge in [0.2, 0.25) is 0 Å². The van der Waals surface area contributed by atoms with Gasteiger partial charge in [-0.1, -0.05) is 29.8 Å². The van der Waals surface area contributed by atoms with Gasteiger partial charge in [0.15, 0.2) is 0 Å². The minimum absolute atomic E-state index is 0.228. The van der Waals surface area contributed by atoms with Gasteiger partial charge in [-0.2, -0.15) is 0 Å². The first kappa shape index (κ1) is 13.1. The second-order valence-corrected chi connectivity index (χ2v) is 4.85. The smallest absolute Gasteiger partial charge is 0.0570 e. The molecule has 2 aromatic rings. The molecule has 3 heteroatoms. The molecule has 1 aromatic heterocycles. The van der Waals surface area contributed by atoms with Gasteiger partial charge in [-0.15, -0.1) is 0 Å². The highest BCUT2D eigenvalue weighted by Gasteiger charge is 2.05. The quantitative estimate of drug-likeness (QED) is 0.902. The Hall–Kier alpha value is -1.38. The third-order valence-corrected chi connectivity index (χ3v) is 3.39. The van der Waals surface area contributed by atoms with Crippen LogP contribution in [0.3, 0.4) is 0 Å². The van der Waals surface area contributed by atoms with Crippen LogP contribution in [0.4, 0.5) is 0 Å². The molecule has 1 N–H and O–H groups in total. The summed E-state index contributed by atoms with van der Waals surface area (Å²) in [6.07, 6.45) is 1.82. The fourth-order valence-electron chi connectivity index (χ4n) is 1.75. The first-order chi connectivity index (χ1) is 8.66. The lowest BCUT2D eigenvalue weighted by molar-refractivity contribution is 0.561. The molecule has 0 spiro atoms. The highest BCUT2D eigenvalue weighted by molar-refractivity contribution is 6.31. The molecule has 0 saturated heterocycles. The number of hydrogen-bond acceptors (Lipinski definition) is 2. The molecule has 0 unspecified atom stereocenters. The van der Waals surface area contributed by atoms with Crippen molar-refractivity contribution in [1.82, 2.24) is 10.3 Å². The standard InChI is InChI=1S/C15H17ClN2/c1-11-6-7-13(9-14(11)16)10-18-12(2)15-5-3-4-8-17-15/h3-9,12,18H,10H2,1-2H3/t12-/m1/s1.